The fourth-order valence-corrected chi connectivity index (χ4v) is 4.04. The first kappa shape index (κ1) is 15.8. The molecule has 0 aromatic heterocycles. The summed E-state index contributed by atoms with van der Waals surface area (Å²) >= 11 is 0. The number of rotatable bonds is 3. The van der Waals surface area contributed by atoms with Gasteiger partial charge in [0.1, 0.15) is 11.9 Å². The first-order valence-electron chi connectivity index (χ1n) is 6.83. The van der Waals surface area contributed by atoms with E-state index in [9.17, 15) is 26.8 Å². The first-order valence-corrected chi connectivity index (χ1v) is 8.27. The van der Waals surface area contributed by atoms with Crippen molar-refractivity contribution in [1.82, 2.24) is 0 Å². The molecule has 3 fully saturated rings. The number of fused-ring (bicyclic) bond motifs is 1. The molecule has 2 saturated carbocycles. The van der Waals surface area contributed by atoms with Gasteiger partial charge in [0.2, 0.25) is 0 Å². The lowest BCUT2D eigenvalue weighted by molar-refractivity contribution is -0.179. The van der Waals surface area contributed by atoms with Crippen molar-refractivity contribution in [3.63, 3.8) is 0 Å². The molecule has 7 nitrogen and oxygen atoms in total. The molecule has 5 atom stereocenters. The molecule has 1 N–H and O–H groups in total. The van der Waals surface area contributed by atoms with Crippen LogP contribution in [0.15, 0.2) is 0 Å². The number of halogens is 2. The predicted octanol–water partition coefficient (Wildman–Crippen LogP) is 0.393. The third-order valence-corrected chi connectivity index (χ3v) is 5.55. The summed E-state index contributed by atoms with van der Waals surface area (Å²) in [5, 5.41) is -5.02. The molecule has 3 rings (SSSR count). The summed E-state index contributed by atoms with van der Waals surface area (Å²) in [4.78, 5) is 23.3. The van der Waals surface area contributed by atoms with E-state index in [1.54, 1.807) is 0 Å². The number of alkyl halides is 2. The topological polar surface area (TPSA) is 107 Å². The largest absolute Gasteiger partial charge is 0.465 e. The van der Waals surface area contributed by atoms with Crippen LogP contribution < -0.4 is 0 Å². The summed E-state index contributed by atoms with van der Waals surface area (Å²) in [5.74, 6) is -2.98. The molecule has 0 aromatic carbocycles. The van der Waals surface area contributed by atoms with Gasteiger partial charge in [0.05, 0.1) is 12.7 Å². The standard InChI is InChI=1S/C12H14F2O7S/c13-12(14,22(17,18)19)11(16)21-9-5-3-6-7(4-5)10(9)20-2-1-8(6)15/h5-7,9-10H,1-4H2,(H,17,18,19). The number of hydrogen-bond donors (Lipinski definition) is 1. The van der Waals surface area contributed by atoms with E-state index < -0.39 is 33.5 Å². The molecule has 10 heteroatoms. The van der Waals surface area contributed by atoms with Crippen LogP contribution in [0.5, 0.6) is 0 Å². The second-order valence-corrected chi connectivity index (χ2v) is 7.38. The molecular weight excluding hydrogens is 326 g/mol. The summed E-state index contributed by atoms with van der Waals surface area (Å²) in [6.07, 6.45) is -0.551. The molecule has 0 spiro atoms. The molecular formula is C12H14F2O7S. The summed E-state index contributed by atoms with van der Waals surface area (Å²) in [7, 11) is -5.90. The molecule has 2 aliphatic carbocycles. The Labute approximate surface area is 124 Å². The number of carbonyl (C=O) groups is 2. The van der Waals surface area contributed by atoms with E-state index in [0.29, 0.717) is 12.8 Å². The lowest BCUT2D eigenvalue weighted by atomic mass is 9.82. The Morgan fingerprint density at radius 2 is 2.05 bits per heavy atom. The van der Waals surface area contributed by atoms with E-state index in [1.165, 1.54) is 0 Å². The van der Waals surface area contributed by atoms with Crippen LogP contribution in [-0.2, 0) is 29.2 Å². The molecule has 1 aliphatic heterocycles. The van der Waals surface area contributed by atoms with E-state index in [-0.39, 0.29) is 36.6 Å². The van der Waals surface area contributed by atoms with Crippen LogP contribution in [0.25, 0.3) is 0 Å². The van der Waals surface area contributed by atoms with Gasteiger partial charge in [-0.25, -0.2) is 4.79 Å². The van der Waals surface area contributed by atoms with Crippen LogP contribution in [0.4, 0.5) is 8.78 Å². The van der Waals surface area contributed by atoms with E-state index in [0.717, 1.165) is 0 Å². The van der Waals surface area contributed by atoms with Crippen molar-refractivity contribution in [2.24, 2.45) is 17.8 Å². The highest BCUT2D eigenvalue weighted by Gasteiger charge is 2.61. The van der Waals surface area contributed by atoms with Crippen LogP contribution in [0.2, 0.25) is 0 Å². The highest BCUT2D eigenvalue weighted by atomic mass is 32.2. The Kier molecular flexibility index (Phi) is 3.53. The van der Waals surface area contributed by atoms with Crippen LogP contribution in [0, 0.1) is 17.8 Å². The second-order valence-electron chi connectivity index (χ2n) is 5.92. The van der Waals surface area contributed by atoms with E-state index in [2.05, 4.69) is 4.74 Å². The third kappa shape index (κ3) is 2.24. The van der Waals surface area contributed by atoms with Gasteiger partial charge in [-0.2, -0.15) is 17.2 Å². The maximum Gasteiger partial charge on any atom is 0.465 e. The van der Waals surface area contributed by atoms with Crippen molar-refractivity contribution < 1.29 is 40.8 Å². The van der Waals surface area contributed by atoms with Gasteiger partial charge < -0.3 is 9.47 Å². The van der Waals surface area contributed by atoms with Crippen LogP contribution >= 0.6 is 0 Å². The van der Waals surface area contributed by atoms with Gasteiger partial charge in [-0.05, 0) is 24.7 Å². The molecule has 124 valence electrons. The zero-order valence-corrected chi connectivity index (χ0v) is 12.1. The smallest absolute Gasteiger partial charge is 0.454 e. The normalized spacial score (nSPS) is 38.0. The monoisotopic (exact) mass is 340 g/mol. The lowest BCUT2D eigenvalue weighted by Gasteiger charge is -2.32. The number of ketones is 1. The highest BCUT2D eigenvalue weighted by molar-refractivity contribution is 7.87. The molecule has 5 unspecified atom stereocenters. The average molecular weight is 340 g/mol. The number of esters is 1. The minimum absolute atomic E-state index is 0.0584. The SMILES string of the molecule is O=C1CCOC2C3CC(CC13)C2OC(=O)C(F)(F)S(=O)(=O)O. The maximum absolute atomic E-state index is 13.3. The highest BCUT2D eigenvalue weighted by Crippen LogP contribution is 2.53. The predicted molar refractivity (Wildman–Crippen MR) is 65.4 cm³/mol. The summed E-state index contributed by atoms with van der Waals surface area (Å²) in [6.45, 7) is 0.117. The number of Topliss-reactive ketones (excluding diaryl/α,β-unsaturated/α-hetero) is 1. The number of hydrogen-bond acceptors (Lipinski definition) is 6. The molecule has 0 radical (unpaired) electrons. The number of ether oxygens (including phenoxy) is 2. The molecule has 22 heavy (non-hydrogen) atoms. The molecule has 1 heterocycles. The Balaban J connectivity index is 1.78. The summed E-state index contributed by atoms with van der Waals surface area (Å²) in [5.41, 5.74) is 0. The van der Waals surface area contributed by atoms with Gasteiger partial charge in [-0.1, -0.05) is 0 Å². The third-order valence-electron chi connectivity index (χ3n) is 4.74. The maximum atomic E-state index is 13.3. The van der Waals surface area contributed by atoms with Gasteiger partial charge in [0.25, 0.3) is 0 Å². The van der Waals surface area contributed by atoms with E-state index in [1.807, 2.05) is 0 Å². The van der Waals surface area contributed by atoms with Gasteiger partial charge in [0.15, 0.2) is 0 Å². The van der Waals surface area contributed by atoms with Gasteiger partial charge in [-0.15, -0.1) is 0 Å². The molecule has 2 bridgehead atoms. The second kappa shape index (κ2) is 4.93. The number of carbonyl (C=O) groups excluding carboxylic acids is 2. The lowest BCUT2D eigenvalue weighted by Crippen LogP contribution is -2.46. The van der Waals surface area contributed by atoms with Crippen molar-refractivity contribution in [1.29, 1.82) is 0 Å². The van der Waals surface area contributed by atoms with Crippen molar-refractivity contribution in [3.05, 3.63) is 0 Å². The minimum atomic E-state index is -5.90. The van der Waals surface area contributed by atoms with Crippen LogP contribution in [0.3, 0.4) is 0 Å². The molecule has 3 aliphatic rings. The summed E-state index contributed by atoms with van der Waals surface area (Å²) < 4.78 is 66.2. The average Bonchev–Trinajstić information content (AvgIpc) is 2.94. The van der Waals surface area contributed by atoms with Crippen molar-refractivity contribution in [2.45, 2.75) is 36.7 Å². The van der Waals surface area contributed by atoms with E-state index in [4.69, 9.17) is 9.29 Å². The first-order chi connectivity index (χ1) is 10.1. The zero-order chi connectivity index (χ0) is 16.3. The quantitative estimate of drug-likeness (QED) is 0.585. The minimum Gasteiger partial charge on any atom is -0.454 e. The molecule has 0 aromatic rings. The fraction of sp³-hybridized carbons (Fsp3) is 0.833. The van der Waals surface area contributed by atoms with Crippen LogP contribution in [0.1, 0.15) is 19.3 Å². The van der Waals surface area contributed by atoms with Crippen molar-refractivity contribution >= 4 is 21.9 Å². The fourth-order valence-electron chi connectivity index (χ4n) is 3.78. The van der Waals surface area contributed by atoms with Crippen molar-refractivity contribution in [3.8, 4) is 0 Å². The van der Waals surface area contributed by atoms with Crippen molar-refractivity contribution in [2.75, 3.05) is 6.61 Å². The van der Waals surface area contributed by atoms with Crippen LogP contribution in [-0.4, -0.2) is 48.8 Å². The Morgan fingerprint density at radius 3 is 2.68 bits per heavy atom. The van der Waals surface area contributed by atoms with Gasteiger partial charge in [-0.3, -0.25) is 9.35 Å². The molecule has 0 amide bonds. The molecule has 1 saturated heterocycles. The Bertz CT molecular complexity index is 617. The van der Waals surface area contributed by atoms with Gasteiger partial charge >= 0.3 is 21.3 Å². The van der Waals surface area contributed by atoms with E-state index >= 15 is 0 Å². The van der Waals surface area contributed by atoms with Gasteiger partial charge in [0, 0.05) is 12.3 Å². The Hall–Kier alpha value is -1.13. The zero-order valence-electron chi connectivity index (χ0n) is 11.3. The Morgan fingerprint density at radius 1 is 1.36 bits per heavy atom. The summed E-state index contributed by atoms with van der Waals surface area (Å²) in [6, 6.07) is 0.